The molecule has 0 aliphatic heterocycles. The van der Waals surface area contributed by atoms with Gasteiger partial charge in [-0.2, -0.15) is 0 Å². The van der Waals surface area contributed by atoms with Gasteiger partial charge in [-0.15, -0.1) is 0 Å². The van der Waals surface area contributed by atoms with E-state index in [4.69, 9.17) is 10.7 Å². The Morgan fingerprint density at radius 1 is 1.00 bits per heavy atom. The number of nitrogens with two attached hydrogens (primary N) is 1. The summed E-state index contributed by atoms with van der Waals surface area (Å²) in [6.45, 7) is 10.8. The first-order valence-corrected chi connectivity index (χ1v) is 7.63. The minimum atomic E-state index is 0.0920. The molecule has 3 rings (SSSR count). The predicted molar refractivity (Wildman–Crippen MR) is 94.1 cm³/mol. The number of aromatic amines is 1. The van der Waals surface area contributed by atoms with Crippen molar-refractivity contribution in [1.29, 1.82) is 0 Å². The summed E-state index contributed by atoms with van der Waals surface area (Å²) in [6, 6.07) is 10.5. The molecule has 114 valence electrons. The van der Waals surface area contributed by atoms with E-state index in [9.17, 15) is 0 Å². The Hall–Kier alpha value is -2.29. The number of nitrogen functional groups attached to an aromatic ring is 1. The van der Waals surface area contributed by atoms with Gasteiger partial charge >= 0.3 is 0 Å². The third kappa shape index (κ3) is 2.47. The van der Waals surface area contributed by atoms with Crippen LogP contribution >= 0.6 is 0 Å². The Morgan fingerprint density at radius 2 is 1.68 bits per heavy atom. The van der Waals surface area contributed by atoms with Crippen molar-refractivity contribution in [3.63, 3.8) is 0 Å². The highest BCUT2D eigenvalue weighted by atomic mass is 14.9. The maximum Gasteiger partial charge on any atom is 0.140 e. The molecule has 2 aromatic carbocycles. The van der Waals surface area contributed by atoms with E-state index in [0.717, 1.165) is 28.1 Å². The van der Waals surface area contributed by atoms with E-state index in [1.807, 2.05) is 0 Å². The summed E-state index contributed by atoms with van der Waals surface area (Å²) in [4.78, 5) is 8.09. The van der Waals surface area contributed by atoms with Crippen LogP contribution < -0.4 is 5.73 Å². The van der Waals surface area contributed by atoms with Crippen molar-refractivity contribution < 1.29 is 0 Å². The van der Waals surface area contributed by atoms with E-state index in [1.165, 1.54) is 16.7 Å². The van der Waals surface area contributed by atoms with Gasteiger partial charge in [0.05, 0.1) is 11.0 Å². The van der Waals surface area contributed by atoms with Crippen LogP contribution in [0.1, 0.15) is 37.5 Å². The largest absolute Gasteiger partial charge is 0.398 e. The van der Waals surface area contributed by atoms with Gasteiger partial charge in [0.1, 0.15) is 5.82 Å². The molecule has 3 heteroatoms. The fraction of sp³-hybridized carbons (Fsp3) is 0.316. The smallest absolute Gasteiger partial charge is 0.140 e. The quantitative estimate of drug-likeness (QED) is 0.637. The number of imidazole rings is 1. The minimum Gasteiger partial charge on any atom is -0.398 e. The van der Waals surface area contributed by atoms with Gasteiger partial charge in [-0.3, -0.25) is 0 Å². The molecule has 3 N–H and O–H groups in total. The number of hydrogen-bond acceptors (Lipinski definition) is 2. The van der Waals surface area contributed by atoms with Crippen molar-refractivity contribution >= 4 is 16.7 Å². The molecule has 1 aromatic heterocycles. The molecule has 0 aliphatic rings. The van der Waals surface area contributed by atoms with Crippen LogP contribution in [0.25, 0.3) is 22.4 Å². The lowest BCUT2D eigenvalue weighted by atomic mass is 9.86. The van der Waals surface area contributed by atoms with Crippen LogP contribution in [0.4, 0.5) is 5.69 Å². The molecule has 1 heterocycles. The Morgan fingerprint density at radius 3 is 2.32 bits per heavy atom. The molecule has 0 bridgehead atoms. The molecule has 3 nitrogen and oxygen atoms in total. The van der Waals surface area contributed by atoms with Crippen molar-refractivity contribution in [2.75, 3.05) is 5.73 Å². The zero-order valence-electron chi connectivity index (χ0n) is 13.9. The highest BCUT2D eigenvalue weighted by Crippen LogP contribution is 2.31. The summed E-state index contributed by atoms with van der Waals surface area (Å²) < 4.78 is 0. The second-order valence-electron chi connectivity index (χ2n) is 7.09. The molecule has 0 saturated heterocycles. The summed E-state index contributed by atoms with van der Waals surface area (Å²) in [6.07, 6.45) is 0. The molecule has 0 atom stereocenters. The van der Waals surface area contributed by atoms with Crippen molar-refractivity contribution in [2.24, 2.45) is 0 Å². The molecule has 0 amide bonds. The van der Waals surface area contributed by atoms with Gasteiger partial charge < -0.3 is 10.7 Å². The maximum absolute atomic E-state index is 6.27. The summed E-state index contributed by atoms with van der Waals surface area (Å²) in [5.74, 6) is 0.831. The first-order valence-electron chi connectivity index (χ1n) is 7.63. The lowest BCUT2D eigenvalue weighted by molar-refractivity contribution is 0.590. The molecule has 0 spiro atoms. The maximum atomic E-state index is 6.27. The van der Waals surface area contributed by atoms with E-state index < -0.39 is 0 Å². The number of nitrogens with one attached hydrogen (secondary N) is 1. The number of rotatable bonds is 1. The molecule has 0 radical (unpaired) electrons. The fourth-order valence-electron chi connectivity index (χ4n) is 2.64. The number of aromatic nitrogens is 2. The average Bonchev–Trinajstić information content (AvgIpc) is 2.80. The average molecular weight is 293 g/mol. The SMILES string of the molecule is Cc1cc2nc(-c3ccc(C(C)(C)C)cc3N)[nH]c2cc1C. The highest BCUT2D eigenvalue weighted by molar-refractivity contribution is 5.83. The number of benzene rings is 2. The number of H-pyrrole nitrogens is 1. The van der Waals surface area contributed by atoms with Crippen LogP contribution in [-0.4, -0.2) is 9.97 Å². The van der Waals surface area contributed by atoms with E-state index in [2.05, 4.69) is 69.9 Å². The van der Waals surface area contributed by atoms with Gasteiger partial charge in [-0.05, 0) is 60.2 Å². The van der Waals surface area contributed by atoms with E-state index in [-0.39, 0.29) is 5.41 Å². The van der Waals surface area contributed by atoms with Crippen molar-refractivity contribution in [2.45, 2.75) is 40.0 Å². The van der Waals surface area contributed by atoms with Gasteiger partial charge in [-0.1, -0.05) is 26.8 Å². The van der Waals surface area contributed by atoms with Crippen LogP contribution in [0.5, 0.6) is 0 Å². The predicted octanol–water partition coefficient (Wildman–Crippen LogP) is 4.73. The summed E-state index contributed by atoms with van der Waals surface area (Å²) >= 11 is 0. The summed E-state index contributed by atoms with van der Waals surface area (Å²) in [5.41, 5.74) is 13.9. The number of nitrogens with zero attached hydrogens (tertiary/aromatic N) is 1. The molecule has 0 saturated carbocycles. The first kappa shape index (κ1) is 14.6. The number of hydrogen-bond donors (Lipinski definition) is 2. The zero-order chi connectivity index (χ0) is 16.1. The third-order valence-electron chi connectivity index (χ3n) is 4.27. The van der Waals surface area contributed by atoms with Crippen LogP contribution in [0, 0.1) is 13.8 Å². The van der Waals surface area contributed by atoms with Gasteiger partial charge in [-0.25, -0.2) is 4.98 Å². The van der Waals surface area contributed by atoms with Crippen molar-refractivity contribution in [3.8, 4) is 11.4 Å². The minimum absolute atomic E-state index is 0.0920. The molecule has 0 fully saturated rings. The molecular formula is C19H23N3. The van der Waals surface area contributed by atoms with Gasteiger partial charge in [0.25, 0.3) is 0 Å². The molecule has 22 heavy (non-hydrogen) atoms. The van der Waals surface area contributed by atoms with Crippen LogP contribution in [-0.2, 0) is 5.41 Å². The second kappa shape index (κ2) is 4.87. The van der Waals surface area contributed by atoms with Crippen LogP contribution in [0.15, 0.2) is 30.3 Å². The van der Waals surface area contributed by atoms with Crippen LogP contribution in [0.2, 0.25) is 0 Å². The van der Waals surface area contributed by atoms with Gasteiger partial charge in [0.2, 0.25) is 0 Å². The highest BCUT2D eigenvalue weighted by Gasteiger charge is 2.16. The third-order valence-corrected chi connectivity index (χ3v) is 4.27. The Kier molecular flexibility index (Phi) is 3.24. The van der Waals surface area contributed by atoms with E-state index in [0.29, 0.717) is 0 Å². The van der Waals surface area contributed by atoms with Crippen LogP contribution in [0.3, 0.4) is 0 Å². The topological polar surface area (TPSA) is 54.7 Å². The lowest BCUT2D eigenvalue weighted by Gasteiger charge is -2.20. The lowest BCUT2D eigenvalue weighted by Crippen LogP contribution is -2.11. The van der Waals surface area contributed by atoms with E-state index >= 15 is 0 Å². The molecule has 0 unspecified atom stereocenters. The monoisotopic (exact) mass is 293 g/mol. The van der Waals surface area contributed by atoms with Gasteiger partial charge in [0.15, 0.2) is 0 Å². The number of aryl methyl sites for hydroxylation is 2. The first-order chi connectivity index (χ1) is 10.3. The van der Waals surface area contributed by atoms with Crippen molar-refractivity contribution in [3.05, 3.63) is 47.0 Å². The zero-order valence-corrected chi connectivity index (χ0v) is 13.9. The van der Waals surface area contributed by atoms with Crippen molar-refractivity contribution in [1.82, 2.24) is 9.97 Å². The Bertz CT molecular complexity index is 812. The standard InChI is InChI=1S/C19H23N3/c1-11-8-16-17(9-12(11)2)22-18(21-16)14-7-6-13(10-15(14)20)19(3,4)5/h6-10H,20H2,1-5H3,(H,21,22). The second-order valence-corrected chi connectivity index (χ2v) is 7.09. The fourth-order valence-corrected chi connectivity index (χ4v) is 2.64. The molecule has 0 aliphatic carbocycles. The number of fused-ring (bicyclic) bond motifs is 1. The van der Waals surface area contributed by atoms with E-state index in [1.54, 1.807) is 0 Å². The molecular weight excluding hydrogens is 270 g/mol. The Labute approximate surface area is 131 Å². The molecule has 3 aromatic rings. The van der Waals surface area contributed by atoms with Gasteiger partial charge in [0, 0.05) is 11.3 Å². The summed E-state index contributed by atoms with van der Waals surface area (Å²) in [7, 11) is 0. The normalized spacial score (nSPS) is 12.0. The summed E-state index contributed by atoms with van der Waals surface area (Å²) in [5, 5.41) is 0. The number of anilines is 1. The Balaban J connectivity index is 2.11.